The Balaban J connectivity index is 1.50. The molecular weight excluding hydrogens is 319 g/mol. The van der Waals surface area contributed by atoms with E-state index in [0.717, 1.165) is 35.4 Å². The van der Waals surface area contributed by atoms with Crippen molar-refractivity contribution in [3.8, 4) is 11.4 Å². The van der Waals surface area contributed by atoms with Crippen molar-refractivity contribution in [2.24, 2.45) is 0 Å². The fourth-order valence-corrected chi connectivity index (χ4v) is 3.21. The van der Waals surface area contributed by atoms with E-state index >= 15 is 0 Å². The van der Waals surface area contributed by atoms with Crippen LogP contribution in [0.3, 0.4) is 0 Å². The third-order valence-electron chi connectivity index (χ3n) is 4.49. The van der Waals surface area contributed by atoms with Gasteiger partial charge in [0.2, 0.25) is 0 Å². The lowest BCUT2D eigenvalue weighted by Crippen LogP contribution is -2.27. The minimum Gasteiger partial charge on any atom is -0.345 e. The summed E-state index contributed by atoms with van der Waals surface area (Å²) < 4.78 is 13.5. The molecule has 0 saturated carbocycles. The van der Waals surface area contributed by atoms with Crippen LogP contribution in [0, 0.1) is 12.7 Å². The van der Waals surface area contributed by atoms with E-state index in [9.17, 15) is 9.18 Å². The molecule has 0 fully saturated rings. The zero-order valence-corrected chi connectivity index (χ0v) is 13.7. The number of benzene rings is 2. The lowest BCUT2D eigenvalue weighted by Gasteiger charge is -2.14. The summed E-state index contributed by atoms with van der Waals surface area (Å²) in [5.74, 6) is 0.902. The molecule has 5 nitrogen and oxygen atoms in total. The summed E-state index contributed by atoms with van der Waals surface area (Å²) in [4.78, 5) is 16.8. The number of nitrogens with one attached hydrogen (secondary N) is 2. The van der Waals surface area contributed by atoms with Crippen LogP contribution in [0.4, 0.5) is 4.39 Å². The zero-order chi connectivity index (χ0) is 17.4. The van der Waals surface area contributed by atoms with E-state index in [4.69, 9.17) is 0 Å². The molecule has 1 heterocycles. The number of fused-ring (bicyclic) bond motifs is 1. The van der Waals surface area contributed by atoms with Gasteiger partial charge in [0.05, 0.1) is 6.04 Å². The second-order valence-electron chi connectivity index (χ2n) is 6.23. The van der Waals surface area contributed by atoms with Crippen molar-refractivity contribution in [2.75, 3.05) is 0 Å². The Morgan fingerprint density at radius 2 is 2.04 bits per heavy atom. The first kappa shape index (κ1) is 15.5. The van der Waals surface area contributed by atoms with Gasteiger partial charge in [-0.3, -0.25) is 9.89 Å². The maximum absolute atomic E-state index is 13.5. The number of amides is 1. The van der Waals surface area contributed by atoms with Crippen LogP contribution in [0.5, 0.6) is 0 Å². The van der Waals surface area contributed by atoms with Gasteiger partial charge in [0.15, 0.2) is 5.82 Å². The minimum absolute atomic E-state index is 0.145. The van der Waals surface area contributed by atoms with Gasteiger partial charge >= 0.3 is 0 Å². The molecular formula is C19H17FN4O. The van der Waals surface area contributed by atoms with Crippen LogP contribution < -0.4 is 5.32 Å². The fraction of sp³-hybridized carbons (Fsp3) is 0.211. The highest BCUT2D eigenvalue weighted by atomic mass is 19.1. The molecule has 0 saturated heterocycles. The number of halogens is 1. The first-order valence-corrected chi connectivity index (χ1v) is 8.19. The van der Waals surface area contributed by atoms with Crippen molar-refractivity contribution in [3.63, 3.8) is 0 Å². The maximum atomic E-state index is 13.5. The van der Waals surface area contributed by atoms with E-state index < -0.39 is 0 Å². The molecule has 1 aliphatic carbocycles. The Bertz CT molecular complexity index is 933. The highest BCUT2D eigenvalue weighted by Crippen LogP contribution is 2.31. The Morgan fingerprint density at radius 3 is 2.76 bits per heavy atom. The molecule has 25 heavy (non-hydrogen) atoms. The summed E-state index contributed by atoms with van der Waals surface area (Å²) in [6, 6.07) is 11.8. The summed E-state index contributed by atoms with van der Waals surface area (Å²) >= 11 is 0. The number of aromatic nitrogens is 3. The van der Waals surface area contributed by atoms with Gasteiger partial charge in [0.25, 0.3) is 5.91 Å². The number of H-pyrrole nitrogens is 1. The second kappa shape index (κ2) is 6.12. The number of hydrogen-bond donors (Lipinski definition) is 2. The molecule has 4 rings (SSSR count). The van der Waals surface area contributed by atoms with Gasteiger partial charge in [-0.05, 0) is 55.2 Å². The summed E-state index contributed by atoms with van der Waals surface area (Å²) in [7, 11) is 0. The van der Waals surface area contributed by atoms with Crippen LogP contribution in [0.15, 0.2) is 42.5 Å². The maximum Gasteiger partial charge on any atom is 0.251 e. The van der Waals surface area contributed by atoms with Gasteiger partial charge < -0.3 is 5.32 Å². The van der Waals surface area contributed by atoms with Gasteiger partial charge in [-0.1, -0.05) is 18.2 Å². The summed E-state index contributed by atoms with van der Waals surface area (Å²) in [5.41, 5.74) is 3.37. The number of aromatic amines is 1. The Hall–Kier alpha value is -3.02. The standard InChI is InChI=1S/C19H17FN4O/c1-11-21-18(24-23-11)13-2-4-14(5-3-13)19(25)22-17-9-7-12-6-8-15(20)10-16(12)17/h2-6,8,10,17H,7,9H2,1H3,(H,22,25)(H,21,23,24)/t17-/m0/s1. The van der Waals surface area contributed by atoms with Crippen molar-refractivity contribution in [1.82, 2.24) is 20.5 Å². The monoisotopic (exact) mass is 336 g/mol. The quantitative estimate of drug-likeness (QED) is 0.771. The lowest BCUT2D eigenvalue weighted by molar-refractivity contribution is 0.0936. The molecule has 0 unspecified atom stereocenters. The van der Waals surface area contributed by atoms with E-state index in [0.29, 0.717) is 11.4 Å². The summed E-state index contributed by atoms with van der Waals surface area (Å²) in [5, 5.41) is 9.90. The molecule has 1 amide bonds. The average molecular weight is 336 g/mol. The first-order chi connectivity index (χ1) is 12.1. The van der Waals surface area contributed by atoms with Gasteiger partial charge in [0, 0.05) is 11.1 Å². The van der Waals surface area contributed by atoms with Crippen molar-refractivity contribution in [2.45, 2.75) is 25.8 Å². The molecule has 2 aromatic carbocycles. The lowest BCUT2D eigenvalue weighted by atomic mass is 10.1. The SMILES string of the molecule is Cc1nc(-c2ccc(C(=O)N[C@H]3CCc4ccc(F)cc43)cc2)n[nH]1. The number of hydrogen-bond acceptors (Lipinski definition) is 3. The van der Waals surface area contributed by atoms with Crippen molar-refractivity contribution in [1.29, 1.82) is 0 Å². The predicted octanol–water partition coefficient (Wildman–Crippen LogP) is 3.34. The molecule has 0 bridgehead atoms. The summed E-state index contributed by atoms with van der Waals surface area (Å²) in [6.07, 6.45) is 1.64. The molecule has 126 valence electrons. The molecule has 0 radical (unpaired) electrons. The molecule has 1 aromatic heterocycles. The average Bonchev–Trinajstić information content (AvgIpc) is 3.22. The predicted molar refractivity (Wildman–Crippen MR) is 91.5 cm³/mol. The first-order valence-electron chi connectivity index (χ1n) is 8.19. The van der Waals surface area contributed by atoms with Gasteiger partial charge in [-0.2, -0.15) is 5.10 Å². The van der Waals surface area contributed by atoms with Crippen LogP contribution in [0.1, 0.15) is 39.8 Å². The number of aryl methyl sites for hydroxylation is 2. The minimum atomic E-state index is -0.272. The zero-order valence-electron chi connectivity index (χ0n) is 13.7. The highest BCUT2D eigenvalue weighted by molar-refractivity contribution is 5.95. The third-order valence-corrected chi connectivity index (χ3v) is 4.49. The van der Waals surface area contributed by atoms with E-state index in [1.165, 1.54) is 12.1 Å². The van der Waals surface area contributed by atoms with Crippen LogP contribution in [0.2, 0.25) is 0 Å². The molecule has 6 heteroatoms. The van der Waals surface area contributed by atoms with E-state index in [2.05, 4.69) is 20.5 Å². The van der Waals surface area contributed by atoms with Gasteiger partial charge in [-0.15, -0.1) is 0 Å². The molecule has 0 spiro atoms. The summed E-state index contributed by atoms with van der Waals surface area (Å²) in [6.45, 7) is 1.83. The van der Waals surface area contributed by atoms with Crippen molar-refractivity contribution >= 4 is 5.91 Å². The van der Waals surface area contributed by atoms with E-state index in [1.54, 1.807) is 18.2 Å². The molecule has 1 aliphatic rings. The van der Waals surface area contributed by atoms with Crippen LogP contribution in [-0.4, -0.2) is 21.1 Å². The number of carbonyl (C=O) groups is 1. The molecule has 1 atom stereocenters. The van der Waals surface area contributed by atoms with Crippen molar-refractivity contribution < 1.29 is 9.18 Å². The van der Waals surface area contributed by atoms with E-state index in [-0.39, 0.29) is 17.8 Å². The van der Waals surface area contributed by atoms with Crippen LogP contribution in [-0.2, 0) is 6.42 Å². The van der Waals surface area contributed by atoms with Crippen LogP contribution >= 0.6 is 0 Å². The molecule has 2 N–H and O–H groups in total. The second-order valence-corrected chi connectivity index (χ2v) is 6.23. The van der Waals surface area contributed by atoms with Crippen LogP contribution in [0.25, 0.3) is 11.4 Å². The Kier molecular flexibility index (Phi) is 3.80. The smallest absolute Gasteiger partial charge is 0.251 e. The largest absolute Gasteiger partial charge is 0.345 e. The highest BCUT2D eigenvalue weighted by Gasteiger charge is 2.24. The molecule has 3 aromatic rings. The topological polar surface area (TPSA) is 70.7 Å². The number of rotatable bonds is 3. The van der Waals surface area contributed by atoms with E-state index in [1.807, 2.05) is 19.1 Å². The Morgan fingerprint density at radius 1 is 1.24 bits per heavy atom. The van der Waals surface area contributed by atoms with Crippen molar-refractivity contribution in [3.05, 3.63) is 70.8 Å². The normalized spacial score (nSPS) is 15.8. The van der Waals surface area contributed by atoms with Gasteiger partial charge in [0.1, 0.15) is 11.6 Å². The number of nitrogens with zero attached hydrogens (tertiary/aromatic N) is 2. The fourth-order valence-electron chi connectivity index (χ4n) is 3.21. The molecule has 0 aliphatic heterocycles. The Labute approximate surface area is 144 Å². The third kappa shape index (κ3) is 3.03. The van der Waals surface area contributed by atoms with Gasteiger partial charge in [-0.25, -0.2) is 9.37 Å². The number of carbonyl (C=O) groups excluding carboxylic acids is 1.